The molecule has 0 aromatic carbocycles. The summed E-state index contributed by atoms with van der Waals surface area (Å²) in [6, 6.07) is 0.249. The van der Waals surface area contributed by atoms with Gasteiger partial charge in [0.1, 0.15) is 0 Å². The van der Waals surface area contributed by atoms with Crippen molar-refractivity contribution in [3.63, 3.8) is 0 Å². The first-order chi connectivity index (χ1) is 9.00. The zero-order valence-electron chi connectivity index (χ0n) is 13.3. The number of piperidine rings is 1. The van der Waals surface area contributed by atoms with Crippen molar-refractivity contribution in [3.8, 4) is 0 Å². The molecule has 4 nitrogen and oxygen atoms in total. The highest BCUT2D eigenvalue weighted by atomic mass is 35.5. The number of ether oxygens (including phenoxy) is 1. The van der Waals surface area contributed by atoms with E-state index in [1.54, 1.807) is 7.11 Å². The fraction of sp³-hybridized carbons (Fsp3) is 0.933. The SMILES string of the molecule is COCC1(C(=O)NC(C)CCC(C)C)CCNCC1.Cl. The highest BCUT2D eigenvalue weighted by Gasteiger charge is 2.39. The molecule has 1 aliphatic rings. The van der Waals surface area contributed by atoms with E-state index >= 15 is 0 Å². The Balaban J connectivity index is 0.00000361. The second-order valence-electron chi connectivity index (χ2n) is 6.31. The van der Waals surface area contributed by atoms with Crippen LogP contribution < -0.4 is 10.6 Å². The minimum atomic E-state index is -0.327. The second-order valence-corrected chi connectivity index (χ2v) is 6.31. The van der Waals surface area contributed by atoms with Crippen LogP contribution in [0.5, 0.6) is 0 Å². The summed E-state index contributed by atoms with van der Waals surface area (Å²) in [5, 5.41) is 6.49. The van der Waals surface area contributed by atoms with Crippen molar-refractivity contribution in [1.29, 1.82) is 0 Å². The monoisotopic (exact) mass is 306 g/mol. The maximum Gasteiger partial charge on any atom is 0.228 e. The summed E-state index contributed by atoms with van der Waals surface area (Å²) in [5.74, 6) is 0.860. The van der Waals surface area contributed by atoms with Gasteiger partial charge in [-0.3, -0.25) is 4.79 Å². The van der Waals surface area contributed by atoms with Crippen molar-refractivity contribution in [1.82, 2.24) is 10.6 Å². The summed E-state index contributed by atoms with van der Waals surface area (Å²) in [4.78, 5) is 12.5. The van der Waals surface area contributed by atoms with E-state index in [2.05, 4.69) is 31.4 Å². The normalized spacial score (nSPS) is 19.2. The van der Waals surface area contributed by atoms with Gasteiger partial charge in [0.2, 0.25) is 5.91 Å². The lowest BCUT2D eigenvalue weighted by molar-refractivity contribution is -0.136. The van der Waals surface area contributed by atoms with Gasteiger partial charge in [0, 0.05) is 13.2 Å². The Bertz CT molecular complexity index is 274. The standard InChI is InChI=1S/C15H30N2O2.ClH/c1-12(2)5-6-13(3)17-14(18)15(11-19-4)7-9-16-10-8-15;/h12-13,16H,5-11H2,1-4H3,(H,17,18);1H. The molecule has 0 aromatic heterocycles. The third-order valence-corrected chi connectivity index (χ3v) is 4.02. The van der Waals surface area contributed by atoms with Gasteiger partial charge in [-0.15, -0.1) is 12.4 Å². The van der Waals surface area contributed by atoms with Gasteiger partial charge in [-0.2, -0.15) is 0 Å². The van der Waals surface area contributed by atoms with E-state index in [0.29, 0.717) is 12.5 Å². The minimum Gasteiger partial charge on any atom is -0.384 e. The first-order valence-corrected chi connectivity index (χ1v) is 7.51. The minimum absolute atomic E-state index is 0. The summed E-state index contributed by atoms with van der Waals surface area (Å²) in [5.41, 5.74) is -0.327. The lowest BCUT2D eigenvalue weighted by atomic mass is 9.78. The number of carbonyl (C=O) groups excluding carboxylic acids is 1. The number of methoxy groups -OCH3 is 1. The molecule has 120 valence electrons. The maximum absolute atomic E-state index is 12.5. The van der Waals surface area contributed by atoms with Gasteiger partial charge in [0.25, 0.3) is 0 Å². The van der Waals surface area contributed by atoms with Crippen LogP contribution in [0.2, 0.25) is 0 Å². The molecule has 0 saturated carbocycles. The summed E-state index contributed by atoms with van der Waals surface area (Å²) in [7, 11) is 1.68. The summed E-state index contributed by atoms with van der Waals surface area (Å²) in [6.45, 7) is 8.86. The fourth-order valence-corrected chi connectivity index (χ4v) is 2.65. The number of halogens is 1. The van der Waals surface area contributed by atoms with E-state index in [-0.39, 0.29) is 29.8 Å². The Labute approximate surface area is 129 Å². The average molecular weight is 307 g/mol. The van der Waals surface area contributed by atoms with Gasteiger partial charge in [-0.25, -0.2) is 0 Å². The highest BCUT2D eigenvalue weighted by molar-refractivity contribution is 5.85. The Morgan fingerprint density at radius 1 is 1.25 bits per heavy atom. The van der Waals surface area contributed by atoms with Crippen LogP contribution in [0.1, 0.15) is 46.5 Å². The maximum atomic E-state index is 12.5. The van der Waals surface area contributed by atoms with Gasteiger partial charge in [0.15, 0.2) is 0 Å². The quantitative estimate of drug-likeness (QED) is 0.759. The van der Waals surface area contributed by atoms with Crippen molar-refractivity contribution >= 4 is 18.3 Å². The zero-order valence-corrected chi connectivity index (χ0v) is 14.1. The molecule has 20 heavy (non-hydrogen) atoms. The molecule has 0 bridgehead atoms. The van der Waals surface area contributed by atoms with E-state index < -0.39 is 0 Å². The molecule has 1 atom stereocenters. The second kappa shape index (κ2) is 9.59. The first-order valence-electron chi connectivity index (χ1n) is 7.51. The van der Waals surface area contributed by atoms with Gasteiger partial charge in [-0.1, -0.05) is 13.8 Å². The van der Waals surface area contributed by atoms with E-state index in [9.17, 15) is 4.79 Å². The summed E-state index contributed by atoms with van der Waals surface area (Å²) >= 11 is 0. The molecule has 5 heteroatoms. The van der Waals surface area contributed by atoms with Crippen LogP contribution in [0.4, 0.5) is 0 Å². The topological polar surface area (TPSA) is 50.4 Å². The lowest BCUT2D eigenvalue weighted by Crippen LogP contribution is -2.52. The van der Waals surface area contributed by atoms with Gasteiger partial charge in [-0.05, 0) is 51.6 Å². The molecular weight excluding hydrogens is 276 g/mol. The predicted molar refractivity (Wildman–Crippen MR) is 85.3 cm³/mol. The molecule has 1 fully saturated rings. The van der Waals surface area contributed by atoms with Crippen molar-refractivity contribution in [2.45, 2.75) is 52.5 Å². The number of hydrogen-bond donors (Lipinski definition) is 2. The molecule has 2 N–H and O–H groups in total. The Morgan fingerprint density at radius 2 is 1.85 bits per heavy atom. The third-order valence-electron chi connectivity index (χ3n) is 4.02. The van der Waals surface area contributed by atoms with Gasteiger partial charge >= 0.3 is 0 Å². The molecule has 0 aromatic rings. The number of carbonyl (C=O) groups is 1. The lowest BCUT2D eigenvalue weighted by Gasteiger charge is -2.36. The number of hydrogen-bond acceptors (Lipinski definition) is 3. The van der Waals surface area contributed by atoms with Crippen molar-refractivity contribution in [2.24, 2.45) is 11.3 Å². The summed E-state index contributed by atoms with van der Waals surface area (Å²) in [6.07, 6.45) is 3.93. The Kier molecular flexibility index (Phi) is 9.43. The molecule has 0 spiro atoms. The molecule has 0 aliphatic carbocycles. The van der Waals surface area contributed by atoms with Crippen LogP contribution in [0.25, 0.3) is 0 Å². The van der Waals surface area contributed by atoms with E-state index in [1.807, 2.05) is 0 Å². The van der Waals surface area contributed by atoms with Gasteiger partial charge in [0.05, 0.1) is 12.0 Å². The zero-order chi connectivity index (χ0) is 14.3. The molecule has 1 amide bonds. The molecule has 1 rings (SSSR count). The van der Waals surface area contributed by atoms with Crippen LogP contribution in [0.3, 0.4) is 0 Å². The van der Waals surface area contributed by atoms with E-state index in [4.69, 9.17) is 4.74 Å². The first kappa shape index (κ1) is 19.7. The number of rotatable bonds is 7. The largest absolute Gasteiger partial charge is 0.384 e. The highest BCUT2D eigenvalue weighted by Crippen LogP contribution is 2.29. The average Bonchev–Trinajstić information content (AvgIpc) is 2.37. The smallest absolute Gasteiger partial charge is 0.228 e. The number of nitrogens with one attached hydrogen (secondary N) is 2. The van der Waals surface area contributed by atoms with Crippen LogP contribution >= 0.6 is 12.4 Å². The van der Waals surface area contributed by atoms with Gasteiger partial charge < -0.3 is 15.4 Å². The summed E-state index contributed by atoms with van der Waals surface area (Å²) < 4.78 is 5.30. The Morgan fingerprint density at radius 3 is 2.35 bits per heavy atom. The molecule has 0 radical (unpaired) electrons. The van der Waals surface area contributed by atoms with Crippen LogP contribution in [0, 0.1) is 11.3 Å². The number of amides is 1. The molecule has 1 heterocycles. The van der Waals surface area contributed by atoms with Crippen LogP contribution in [-0.4, -0.2) is 38.8 Å². The van der Waals surface area contributed by atoms with Crippen molar-refractivity contribution in [3.05, 3.63) is 0 Å². The van der Waals surface area contributed by atoms with Crippen molar-refractivity contribution in [2.75, 3.05) is 26.8 Å². The Hall–Kier alpha value is -0.320. The predicted octanol–water partition coefficient (Wildman–Crippen LogP) is 2.37. The van der Waals surface area contributed by atoms with Crippen LogP contribution in [0.15, 0.2) is 0 Å². The molecule has 1 saturated heterocycles. The fourth-order valence-electron chi connectivity index (χ4n) is 2.65. The third kappa shape index (κ3) is 5.98. The molecule has 1 unspecified atom stereocenters. The van der Waals surface area contributed by atoms with E-state index in [1.165, 1.54) is 0 Å². The van der Waals surface area contributed by atoms with Crippen LogP contribution in [-0.2, 0) is 9.53 Å². The molecule has 1 aliphatic heterocycles. The van der Waals surface area contributed by atoms with E-state index in [0.717, 1.165) is 38.8 Å². The van der Waals surface area contributed by atoms with Crippen molar-refractivity contribution < 1.29 is 9.53 Å². The molecular formula is C15H31ClN2O2.